The molecule has 3 aromatic rings. The van der Waals surface area contributed by atoms with Crippen LogP contribution in [0.2, 0.25) is 0 Å². The summed E-state index contributed by atoms with van der Waals surface area (Å²) in [6, 6.07) is 7.10. The highest BCUT2D eigenvalue weighted by Gasteiger charge is 2.14. The Labute approximate surface area is 148 Å². The fourth-order valence-corrected chi connectivity index (χ4v) is 3.59. The van der Waals surface area contributed by atoms with E-state index in [1.807, 2.05) is 26.2 Å². The summed E-state index contributed by atoms with van der Waals surface area (Å²) in [5.74, 6) is 0. The van der Waals surface area contributed by atoms with Gasteiger partial charge in [0.1, 0.15) is 11.6 Å². The van der Waals surface area contributed by atoms with Crippen molar-refractivity contribution in [3.63, 3.8) is 0 Å². The number of pyridine rings is 1. The van der Waals surface area contributed by atoms with Crippen molar-refractivity contribution in [3.8, 4) is 6.07 Å². The summed E-state index contributed by atoms with van der Waals surface area (Å²) < 4.78 is 0.901. The number of carbonyl (C=O) groups excluding carboxylic acids is 1. The third-order valence-corrected chi connectivity index (χ3v) is 4.93. The molecule has 128 valence electrons. The Balaban J connectivity index is 2.04. The molecule has 2 aromatic heterocycles. The molecule has 7 nitrogen and oxygen atoms in total. The minimum Gasteiger partial charge on any atom is -0.321 e. The second kappa shape index (κ2) is 7.01. The smallest absolute Gasteiger partial charge is 0.266 e. The molecule has 1 N–H and O–H groups in total. The van der Waals surface area contributed by atoms with E-state index in [9.17, 15) is 9.59 Å². The van der Waals surface area contributed by atoms with Crippen molar-refractivity contribution >= 4 is 44.0 Å². The molecule has 0 radical (unpaired) electrons. The average Bonchev–Trinajstić information content (AvgIpc) is 3.02. The summed E-state index contributed by atoms with van der Waals surface area (Å²) in [4.78, 5) is 34.2. The van der Waals surface area contributed by atoms with Crippen LogP contribution in [0.15, 0.2) is 23.0 Å². The highest BCUT2D eigenvalue weighted by molar-refractivity contribution is 7.22. The SMILES string of the molecule is CN(C)CCCN(C=O)c1nc2c(ccc3[nH]c(=O)c(C#N)cc32)s1. The molecular formula is C17H17N5O2S. The molecule has 0 aliphatic carbocycles. The van der Waals surface area contributed by atoms with E-state index in [1.165, 1.54) is 11.3 Å². The van der Waals surface area contributed by atoms with Crippen LogP contribution in [0.1, 0.15) is 12.0 Å². The molecule has 0 unspecified atom stereocenters. The first-order valence-electron chi connectivity index (χ1n) is 7.77. The van der Waals surface area contributed by atoms with Gasteiger partial charge in [0.2, 0.25) is 6.41 Å². The fourth-order valence-electron chi connectivity index (χ4n) is 2.61. The Morgan fingerprint density at radius 3 is 2.84 bits per heavy atom. The second-order valence-corrected chi connectivity index (χ2v) is 6.96. The molecule has 1 aromatic carbocycles. The van der Waals surface area contributed by atoms with E-state index in [0.717, 1.165) is 24.1 Å². The van der Waals surface area contributed by atoms with Crippen LogP contribution >= 0.6 is 11.3 Å². The standard InChI is InChI=1S/C17H17N5O2S/c1-21(2)6-3-7-22(10-23)17-20-15-12-8-11(9-18)16(24)19-13(12)4-5-14(15)25-17/h4-5,8,10H,3,6-7H2,1-2H3,(H,19,24). The van der Waals surface area contributed by atoms with Gasteiger partial charge in [-0.05, 0) is 45.3 Å². The van der Waals surface area contributed by atoms with Crippen molar-refractivity contribution in [2.75, 3.05) is 32.1 Å². The monoisotopic (exact) mass is 355 g/mol. The van der Waals surface area contributed by atoms with Crippen molar-refractivity contribution in [1.82, 2.24) is 14.9 Å². The number of nitrogens with one attached hydrogen (secondary N) is 1. The van der Waals surface area contributed by atoms with Crippen LogP contribution in [0.3, 0.4) is 0 Å². The van der Waals surface area contributed by atoms with E-state index in [1.54, 1.807) is 17.0 Å². The summed E-state index contributed by atoms with van der Waals surface area (Å²) in [6.07, 6.45) is 1.63. The first-order chi connectivity index (χ1) is 12.0. The Morgan fingerprint density at radius 2 is 2.16 bits per heavy atom. The van der Waals surface area contributed by atoms with Gasteiger partial charge < -0.3 is 9.88 Å². The Hall–Kier alpha value is -2.76. The number of thiazole rings is 1. The number of benzene rings is 1. The first-order valence-corrected chi connectivity index (χ1v) is 8.58. The maximum atomic E-state index is 11.8. The highest BCUT2D eigenvalue weighted by Crippen LogP contribution is 2.32. The normalized spacial score (nSPS) is 11.1. The van der Waals surface area contributed by atoms with Gasteiger partial charge >= 0.3 is 0 Å². The number of H-pyrrole nitrogens is 1. The summed E-state index contributed by atoms with van der Waals surface area (Å²) in [5.41, 5.74) is 0.944. The number of aromatic nitrogens is 2. The lowest BCUT2D eigenvalue weighted by molar-refractivity contribution is -0.107. The van der Waals surface area contributed by atoms with Crippen LogP contribution in [0, 0.1) is 11.3 Å². The minimum absolute atomic E-state index is 0.0489. The number of hydrogen-bond donors (Lipinski definition) is 1. The number of nitrogens with zero attached hydrogens (tertiary/aromatic N) is 4. The molecular weight excluding hydrogens is 338 g/mol. The van der Waals surface area contributed by atoms with Crippen molar-refractivity contribution in [3.05, 3.63) is 34.1 Å². The van der Waals surface area contributed by atoms with Gasteiger partial charge in [0.25, 0.3) is 5.56 Å². The number of amides is 1. The maximum absolute atomic E-state index is 11.8. The van der Waals surface area contributed by atoms with Crippen LogP contribution in [-0.2, 0) is 4.79 Å². The van der Waals surface area contributed by atoms with Gasteiger partial charge in [-0.15, -0.1) is 0 Å². The van der Waals surface area contributed by atoms with E-state index in [0.29, 0.717) is 28.1 Å². The van der Waals surface area contributed by atoms with E-state index >= 15 is 0 Å². The van der Waals surface area contributed by atoms with Gasteiger partial charge in [0.15, 0.2) is 5.13 Å². The number of anilines is 1. The molecule has 1 amide bonds. The molecule has 3 rings (SSSR count). The highest BCUT2D eigenvalue weighted by atomic mass is 32.1. The van der Waals surface area contributed by atoms with Crippen LogP contribution in [-0.4, -0.2) is 48.5 Å². The van der Waals surface area contributed by atoms with Crippen LogP contribution in [0.5, 0.6) is 0 Å². The molecule has 0 spiro atoms. The number of carbonyl (C=O) groups is 1. The van der Waals surface area contributed by atoms with Gasteiger partial charge in [-0.3, -0.25) is 14.5 Å². The number of hydrogen-bond acceptors (Lipinski definition) is 6. The molecule has 0 atom stereocenters. The number of fused-ring (bicyclic) bond motifs is 3. The van der Waals surface area contributed by atoms with E-state index in [4.69, 9.17) is 5.26 Å². The van der Waals surface area contributed by atoms with Gasteiger partial charge in [0.05, 0.1) is 15.7 Å². The van der Waals surface area contributed by atoms with Crippen molar-refractivity contribution < 1.29 is 4.79 Å². The zero-order valence-corrected chi connectivity index (χ0v) is 14.8. The van der Waals surface area contributed by atoms with Gasteiger partial charge in [-0.25, -0.2) is 4.98 Å². The molecule has 0 fully saturated rings. The largest absolute Gasteiger partial charge is 0.321 e. The number of rotatable bonds is 6. The Kier molecular flexibility index (Phi) is 4.79. The van der Waals surface area contributed by atoms with Crippen molar-refractivity contribution in [1.29, 1.82) is 5.26 Å². The summed E-state index contributed by atoms with van der Waals surface area (Å²) in [7, 11) is 3.98. The quantitative estimate of drug-likeness (QED) is 0.682. The van der Waals surface area contributed by atoms with E-state index in [2.05, 4.69) is 14.9 Å². The van der Waals surface area contributed by atoms with E-state index < -0.39 is 5.56 Å². The molecule has 2 heterocycles. The molecule has 0 saturated heterocycles. The second-order valence-electron chi connectivity index (χ2n) is 5.95. The lowest BCUT2D eigenvalue weighted by atomic mass is 10.1. The summed E-state index contributed by atoms with van der Waals surface area (Å²) in [6.45, 7) is 1.46. The van der Waals surface area contributed by atoms with Crippen LogP contribution in [0.4, 0.5) is 5.13 Å². The van der Waals surface area contributed by atoms with Gasteiger partial charge in [0, 0.05) is 11.9 Å². The van der Waals surface area contributed by atoms with E-state index in [-0.39, 0.29) is 5.56 Å². The molecule has 0 aliphatic rings. The summed E-state index contributed by atoms with van der Waals surface area (Å²) >= 11 is 1.42. The third kappa shape index (κ3) is 3.38. The number of aromatic amines is 1. The molecule has 8 heteroatoms. The predicted octanol–water partition coefficient (Wildman–Crippen LogP) is 1.92. The number of nitriles is 1. The van der Waals surface area contributed by atoms with Gasteiger partial charge in [-0.1, -0.05) is 11.3 Å². The zero-order chi connectivity index (χ0) is 18.0. The Morgan fingerprint density at radius 1 is 1.36 bits per heavy atom. The average molecular weight is 355 g/mol. The third-order valence-electron chi connectivity index (χ3n) is 3.87. The minimum atomic E-state index is -0.414. The van der Waals surface area contributed by atoms with Crippen molar-refractivity contribution in [2.45, 2.75) is 6.42 Å². The van der Waals surface area contributed by atoms with Crippen LogP contribution in [0.25, 0.3) is 21.1 Å². The molecule has 25 heavy (non-hydrogen) atoms. The molecule has 0 bridgehead atoms. The predicted molar refractivity (Wildman–Crippen MR) is 99.0 cm³/mol. The summed E-state index contributed by atoms with van der Waals surface area (Å²) in [5, 5.41) is 10.4. The van der Waals surface area contributed by atoms with Gasteiger partial charge in [-0.2, -0.15) is 5.26 Å². The fraction of sp³-hybridized carbons (Fsp3) is 0.294. The topological polar surface area (TPSA) is 93.1 Å². The Bertz CT molecular complexity index is 1030. The van der Waals surface area contributed by atoms with Crippen LogP contribution < -0.4 is 10.5 Å². The first kappa shape index (κ1) is 17.1. The molecule has 0 aliphatic heterocycles. The lowest BCUT2D eigenvalue weighted by Crippen LogP contribution is -2.25. The lowest BCUT2D eigenvalue weighted by Gasteiger charge is -2.15. The zero-order valence-electron chi connectivity index (χ0n) is 13.9. The maximum Gasteiger partial charge on any atom is 0.266 e. The molecule has 0 saturated carbocycles. The van der Waals surface area contributed by atoms with Crippen molar-refractivity contribution in [2.24, 2.45) is 0 Å².